The molecule has 0 aromatic heterocycles. The van der Waals surface area contributed by atoms with Crippen molar-refractivity contribution < 1.29 is 10.2 Å². The van der Waals surface area contributed by atoms with Gasteiger partial charge in [-0.2, -0.15) is 5.26 Å². The third-order valence-electron chi connectivity index (χ3n) is 2.80. The molecule has 0 heterocycles. The lowest BCUT2D eigenvalue weighted by Gasteiger charge is -2.10. The van der Waals surface area contributed by atoms with E-state index >= 15 is 0 Å². The van der Waals surface area contributed by atoms with Gasteiger partial charge in [0.05, 0.1) is 12.0 Å². The molecule has 18 heavy (non-hydrogen) atoms. The van der Waals surface area contributed by atoms with Gasteiger partial charge < -0.3 is 10.2 Å². The zero-order valence-corrected chi connectivity index (χ0v) is 9.74. The molecule has 3 heteroatoms. The van der Waals surface area contributed by atoms with Crippen LogP contribution in [-0.2, 0) is 6.42 Å². The van der Waals surface area contributed by atoms with Gasteiger partial charge in [0.2, 0.25) is 0 Å². The summed E-state index contributed by atoms with van der Waals surface area (Å²) >= 11 is 0. The second kappa shape index (κ2) is 5.24. The van der Waals surface area contributed by atoms with Crippen LogP contribution in [0.4, 0.5) is 0 Å². The fourth-order valence-corrected chi connectivity index (χ4v) is 1.85. The number of nitrogens with zero attached hydrogens (tertiary/aromatic N) is 1. The lowest BCUT2D eigenvalue weighted by atomic mass is 9.93. The fraction of sp³-hybridized carbons (Fsp3) is 0.133. The number of benzene rings is 2. The first-order valence-electron chi connectivity index (χ1n) is 5.65. The van der Waals surface area contributed by atoms with E-state index in [9.17, 15) is 15.5 Å². The van der Waals surface area contributed by atoms with Crippen molar-refractivity contribution in [3.8, 4) is 17.6 Å². The minimum Gasteiger partial charge on any atom is -0.508 e. The van der Waals surface area contributed by atoms with Gasteiger partial charge in [-0.15, -0.1) is 0 Å². The monoisotopic (exact) mass is 239 g/mol. The van der Waals surface area contributed by atoms with Crippen molar-refractivity contribution in [1.29, 1.82) is 5.26 Å². The number of nitriles is 1. The minimum atomic E-state index is -0.304. The van der Waals surface area contributed by atoms with Crippen LogP contribution in [0.2, 0.25) is 0 Å². The molecule has 2 aromatic rings. The first-order chi connectivity index (χ1) is 8.69. The summed E-state index contributed by atoms with van der Waals surface area (Å²) in [6.07, 6.45) is 0.556. The topological polar surface area (TPSA) is 64.2 Å². The van der Waals surface area contributed by atoms with E-state index in [0.29, 0.717) is 6.42 Å². The Morgan fingerprint density at radius 3 is 2.33 bits per heavy atom. The Morgan fingerprint density at radius 1 is 1.00 bits per heavy atom. The van der Waals surface area contributed by atoms with E-state index in [-0.39, 0.29) is 17.4 Å². The van der Waals surface area contributed by atoms with E-state index < -0.39 is 0 Å². The van der Waals surface area contributed by atoms with Gasteiger partial charge in [0.25, 0.3) is 0 Å². The van der Waals surface area contributed by atoms with Crippen LogP contribution in [0.25, 0.3) is 0 Å². The Morgan fingerprint density at radius 2 is 1.72 bits per heavy atom. The van der Waals surface area contributed by atoms with Gasteiger partial charge in [-0.1, -0.05) is 24.3 Å². The standard InChI is InChI=1S/C15H13NO2/c16-10-13(12-2-1-3-15(18)9-12)8-11-4-6-14(17)7-5-11/h1-7,9,13,17-18H,8H2/t13-/m0/s1. The molecule has 1 atom stereocenters. The van der Waals surface area contributed by atoms with Crippen molar-refractivity contribution in [3.63, 3.8) is 0 Å². The van der Waals surface area contributed by atoms with Crippen molar-refractivity contribution in [1.82, 2.24) is 0 Å². The Hall–Kier alpha value is -2.47. The first kappa shape index (κ1) is 12.0. The molecule has 0 aliphatic heterocycles. The second-order valence-corrected chi connectivity index (χ2v) is 4.15. The molecule has 0 saturated carbocycles. The summed E-state index contributed by atoms with van der Waals surface area (Å²) in [6.45, 7) is 0. The number of hydrogen-bond acceptors (Lipinski definition) is 3. The fourth-order valence-electron chi connectivity index (χ4n) is 1.85. The third-order valence-corrected chi connectivity index (χ3v) is 2.80. The van der Waals surface area contributed by atoms with Crippen LogP contribution in [0.5, 0.6) is 11.5 Å². The molecule has 0 spiro atoms. The van der Waals surface area contributed by atoms with Gasteiger partial charge in [0, 0.05) is 0 Å². The first-order valence-corrected chi connectivity index (χ1v) is 5.65. The molecule has 0 fully saturated rings. The highest BCUT2D eigenvalue weighted by Crippen LogP contribution is 2.24. The average molecular weight is 239 g/mol. The molecule has 0 radical (unpaired) electrons. The van der Waals surface area contributed by atoms with Crippen LogP contribution >= 0.6 is 0 Å². The van der Waals surface area contributed by atoms with Crippen molar-refractivity contribution in [2.45, 2.75) is 12.3 Å². The molecule has 0 amide bonds. The van der Waals surface area contributed by atoms with Crippen LogP contribution in [0.1, 0.15) is 17.0 Å². The Labute approximate surface area is 106 Å². The van der Waals surface area contributed by atoms with Gasteiger partial charge in [-0.3, -0.25) is 0 Å². The zero-order chi connectivity index (χ0) is 13.0. The van der Waals surface area contributed by atoms with Crippen LogP contribution in [0.15, 0.2) is 48.5 Å². The maximum Gasteiger partial charge on any atom is 0.115 e. The number of rotatable bonds is 3. The second-order valence-electron chi connectivity index (χ2n) is 4.15. The molecule has 0 aliphatic carbocycles. The number of aromatic hydroxyl groups is 2. The summed E-state index contributed by atoms with van der Waals surface area (Å²) < 4.78 is 0. The molecule has 0 bridgehead atoms. The largest absolute Gasteiger partial charge is 0.508 e. The van der Waals surface area contributed by atoms with E-state index in [4.69, 9.17) is 0 Å². The summed E-state index contributed by atoms with van der Waals surface area (Å²) in [5, 5.41) is 27.8. The molecule has 2 aromatic carbocycles. The summed E-state index contributed by atoms with van der Waals surface area (Å²) in [4.78, 5) is 0. The van der Waals surface area contributed by atoms with Gasteiger partial charge in [0.15, 0.2) is 0 Å². The lowest BCUT2D eigenvalue weighted by molar-refractivity contribution is 0.474. The Bertz CT molecular complexity index is 570. The molecular formula is C15H13NO2. The van der Waals surface area contributed by atoms with E-state index in [2.05, 4.69) is 6.07 Å². The lowest BCUT2D eigenvalue weighted by Crippen LogP contribution is -2.00. The van der Waals surface area contributed by atoms with Crippen molar-refractivity contribution in [3.05, 3.63) is 59.7 Å². The highest BCUT2D eigenvalue weighted by Gasteiger charge is 2.12. The predicted molar refractivity (Wildman–Crippen MR) is 68.3 cm³/mol. The van der Waals surface area contributed by atoms with E-state index in [1.165, 1.54) is 0 Å². The summed E-state index contributed by atoms with van der Waals surface area (Å²) in [6, 6.07) is 15.8. The van der Waals surface area contributed by atoms with Crippen LogP contribution in [-0.4, -0.2) is 10.2 Å². The third kappa shape index (κ3) is 2.80. The van der Waals surface area contributed by atoms with E-state index in [1.807, 2.05) is 6.07 Å². The molecule has 3 nitrogen and oxygen atoms in total. The molecule has 2 N–H and O–H groups in total. The predicted octanol–water partition coefficient (Wildman–Crippen LogP) is 2.95. The molecule has 0 aliphatic rings. The van der Waals surface area contributed by atoms with E-state index in [1.54, 1.807) is 42.5 Å². The van der Waals surface area contributed by atoms with Crippen LogP contribution in [0, 0.1) is 11.3 Å². The van der Waals surface area contributed by atoms with Gasteiger partial charge in [-0.05, 0) is 41.8 Å². The summed E-state index contributed by atoms with van der Waals surface area (Å²) in [5.74, 6) is 0.0738. The van der Waals surface area contributed by atoms with Crippen molar-refractivity contribution in [2.75, 3.05) is 0 Å². The zero-order valence-electron chi connectivity index (χ0n) is 9.74. The molecule has 90 valence electrons. The molecule has 0 saturated heterocycles. The van der Waals surface area contributed by atoms with E-state index in [0.717, 1.165) is 11.1 Å². The van der Waals surface area contributed by atoms with Gasteiger partial charge in [0.1, 0.15) is 11.5 Å². The smallest absolute Gasteiger partial charge is 0.115 e. The Kier molecular flexibility index (Phi) is 3.49. The van der Waals surface area contributed by atoms with Crippen LogP contribution < -0.4 is 0 Å². The van der Waals surface area contributed by atoms with Gasteiger partial charge in [-0.25, -0.2) is 0 Å². The highest BCUT2D eigenvalue weighted by molar-refractivity contribution is 5.35. The molecule has 2 rings (SSSR count). The Balaban J connectivity index is 2.20. The molecular weight excluding hydrogens is 226 g/mol. The maximum absolute atomic E-state index is 9.42. The molecule has 0 unspecified atom stereocenters. The maximum atomic E-state index is 9.42. The number of phenolic OH excluding ortho intramolecular Hbond substituents is 2. The summed E-state index contributed by atoms with van der Waals surface area (Å²) in [5.41, 5.74) is 1.77. The van der Waals surface area contributed by atoms with Crippen LogP contribution in [0.3, 0.4) is 0 Å². The normalized spacial score (nSPS) is 11.7. The SMILES string of the molecule is N#C[C@H](Cc1ccc(O)cc1)c1cccc(O)c1. The minimum absolute atomic E-state index is 0.165. The van der Waals surface area contributed by atoms with Gasteiger partial charge >= 0.3 is 0 Å². The number of hydrogen-bond donors (Lipinski definition) is 2. The van der Waals surface area contributed by atoms with Crippen molar-refractivity contribution in [2.24, 2.45) is 0 Å². The highest BCUT2D eigenvalue weighted by atomic mass is 16.3. The summed E-state index contributed by atoms with van der Waals surface area (Å²) in [7, 11) is 0. The quantitative estimate of drug-likeness (QED) is 0.865. The van der Waals surface area contributed by atoms with Crippen molar-refractivity contribution >= 4 is 0 Å². The number of phenols is 2. The average Bonchev–Trinajstić information content (AvgIpc) is 2.38.